The van der Waals surface area contributed by atoms with Crippen molar-refractivity contribution in [3.05, 3.63) is 34.9 Å². The lowest BCUT2D eigenvalue weighted by molar-refractivity contribution is -0.127. The molecule has 3 unspecified atom stereocenters. The summed E-state index contributed by atoms with van der Waals surface area (Å²) in [6.45, 7) is 3.45. The molecule has 0 spiro atoms. The lowest BCUT2D eigenvalue weighted by atomic mass is 9.85. The molecular formula is C20H27ClN2O2. The number of hydrogen-bond donors (Lipinski definition) is 1. The van der Waals surface area contributed by atoms with Crippen molar-refractivity contribution in [2.45, 2.75) is 51.5 Å². The Morgan fingerprint density at radius 2 is 1.80 bits per heavy atom. The SMILES string of the molecule is CC1CCCCC1NC(=O)C1CCCN(C(=O)c2ccc(Cl)cc2)C1. The van der Waals surface area contributed by atoms with Crippen molar-refractivity contribution in [1.82, 2.24) is 10.2 Å². The Labute approximate surface area is 154 Å². The van der Waals surface area contributed by atoms with Gasteiger partial charge in [-0.3, -0.25) is 9.59 Å². The van der Waals surface area contributed by atoms with Crippen molar-refractivity contribution >= 4 is 23.4 Å². The summed E-state index contributed by atoms with van der Waals surface area (Å²) in [6, 6.07) is 7.25. The van der Waals surface area contributed by atoms with Crippen LogP contribution in [0.4, 0.5) is 0 Å². The third kappa shape index (κ3) is 4.55. The van der Waals surface area contributed by atoms with E-state index >= 15 is 0 Å². The Hall–Kier alpha value is -1.55. The standard InChI is InChI=1S/C20H27ClN2O2/c1-14-5-2-3-7-18(14)22-19(24)16-6-4-12-23(13-16)20(25)15-8-10-17(21)11-9-15/h8-11,14,16,18H,2-7,12-13H2,1H3,(H,22,24). The molecule has 1 aliphatic carbocycles. The molecule has 3 rings (SSSR count). The molecule has 2 fully saturated rings. The molecule has 1 N–H and O–H groups in total. The Kier molecular flexibility index (Phi) is 6.00. The first kappa shape index (κ1) is 18.2. The average Bonchev–Trinajstić information content (AvgIpc) is 2.64. The highest BCUT2D eigenvalue weighted by Gasteiger charge is 2.31. The fourth-order valence-corrected chi connectivity index (χ4v) is 4.11. The number of nitrogens with zero attached hydrogens (tertiary/aromatic N) is 1. The summed E-state index contributed by atoms with van der Waals surface area (Å²) < 4.78 is 0. The molecular weight excluding hydrogens is 336 g/mol. The predicted octanol–water partition coefficient (Wildman–Crippen LogP) is 3.89. The third-order valence-corrected chi connectivity index (χ3v) is 5.86. The highest BCUT2D eigenvalue weighted by molar-refractivity contribution is 6.30. The number of carbonyl (C=O) groups excluding carboxylic acids is 2. The maximum Gasteiger partial charge on any atom is 0.253 e. The normalized spacial score (nSPS) is 27.0. The molecule has 1 aliphatic heterocycles. The smallest absolute Gasteiger partial charge is 0.253 e. The zero-order valence-electron chi connectivity index (χ0n) is 14.8. The van der Waals surface area contributed by atoms with Gasteiger partial charge in [-0.05, 0) is 55.9 Å². The Bertz CT molecular complexity index is 617. The van der Waals surface area contributed by atoms with Crippen molar-refractivity contribution in [3.8, 4) is 0 Å². The van der Waals surface area contributed by atoms with Gasteiger partial charge in [0, 0.05) is 29.7 Å². The number of carbonyl (C=O) groups is 2. The second-order valence-electron chi connectivity index (χ2n) is 7.47. The van der Waals surface area contributed by atoms with Gasteiger partial charge in [0.05, 0.1) is 5.92 Å². The number of benzene rings is 1. The van der Waals surface area contributed by atoms with Gasteiger partial charge in [0.1, 0.15) is 0 Å². The molecule has 136 valence electrons. The first-order valence-electron chi connectivity index (χ1n) is 9.40. The Morgan fingerprint density at radius 1 is 1.08 bits per heavy atom. The molecule has 4 nitrogen and oxygen atoms in total. The highest BCUT2D eigenvalue weighted by Crippen LogP contribution is 2.25. The number of nitrogens with one attached hydrogen (secondary N) is 1. The summed E-state index contributed by atoms with van der Waals surface area (Å²) in [5.74, 6) is 0.555. The first-order valence-corrected chi connectivity index (χ1v) is 9.77. The molecule has 1 aromatic carbocycles. The van der Waals surface area contributed by atoms with E-state index in [9.17, 15) is 9.59 Å². The summed E-state index contributed by atoms with van der Waals surface area (Å²) in [5.41, 5.74) is 0.631. The highest BCUT2D eigenvalue weighted by atomic mass is 35.5. The van der Waals surface area contributed by atoms with E-state index in [2.05, 4.69) is 12.2 Å². The van der Waals surface area contributed by atoms with Crippen LogP contribution in [0.5, 0.6) is 0 Å². The molecule has 0 radical (unpaired) electrons. The molecule has 5 heteroatoms. The summed E-state index contributed by atoms with van der Waals surface area (Å²) >= 11 is 5.89. The van der Waals surface area contributed by atoms with Crippen LogP contribution in [0, 0.1) is 11.8 Å². The summed E-state index contributed by atoms with van der Waals surface area (Å²) in [7, 11) is 0. The molecule has 1 saturated carbocycles. The Morgan fingerprint density at radius 3 is 2.52 bits per heavy atom. The van der Waals surface area contributed by atoms with E-state index < -0.39 is 0 Å². The van der Waals surface area contributed by atoms with E-state index in [-0.39, 0.29) is 17.7 Å². The number of amides is 2. The van der Waals surface area contributed by atoms with E-state index in [0.29, 0.717) is 35.6 Å². The van der Waals surface area contributed by atoms with E-state index in [1.54, 1.807) is 29.2 Å². The van der Waals surface area contributed by atoms with Crippen LogP contribution in [0.3, 0.4) is 0 Å². The second-order valence-corrected chi connectivity index (χ2v) is 7.91. The van der Waals surface area contributed by atoms with Crippen LogP contribution < -0.4 is 5.32 Å². The van der Waals surface area contributed by atoms with Crippen LogP contribution in [0.2, 0.25) is 5.02 Å². The summed E-state index contributed by atoms with van der Waals surface area (Å²) in [5, 5.41) is 3.87. The summed E-state index contributed by atoms with van der Waals surface area (Å²) in [4.78, 5) is 27.2. The zero-order valence-corrected chi connectivity index (χ0v) is 15.6. The molecule has 1 aromatic rings. The van der Waals surface area contributed by atoms with Gasteiger partial charge in [-0.1, -0.05) is 31.4 Å². The minimum Gasteiger partial charge on any atom is -0.353 e. The first-order chi connectivity index (χ1) is 12.0. The van der Waals surface area contributed by atoms with Gasteiger partial charge in [-0.15, -0.1) is 0 Å². The van der Waals surface area contributed by atoms with E-state index in [1.807, 2.05) is 0 Å². The second kappa shape index (κ2) is 8.22. The van der Waals surface area contributed by atoms with Crippen LogP contribution in [0.15, 0.2) is 24.3 Å². The third-order valence-electron chi connectivity index (χ3n) is 5.61. The minimum atomic E-state index is -0.0980. The van der Waals surface area contributed by atoms with Crippen LogP contribution in [-0.2, 0) is 4.79 Å². The van der Waals surface area contributed by atoms with Crippen LogP contribution >= 0.6 is 11.6 Å². The number of hydrogen-bond acceptors (Lipinski definition) is 2. The monoisotopic (exact) mass is 362 g/mol. The Balaban J connectivity index is 1.59. The molecule has 2 aliphatic rings. The van der Waals surface area contributed by atoms with Crippen molar-refractivity contribution in [2.24, 2.45) is 11.8 Å². The molecule has 1 saturated heterocycles. The molecule has 2 amide bonds. The van der Waals surface area contributed by atoms with Crippen molar-refractivity contribution in [3.63, 3.8) is 0 Å². The van der Waals surface area contributed by atoms with Gasteiger partial charge in [-0.2, -0.15) is 0 Å². The zero-order chi connectivity index (χ0) is 17.8. The fraction of sp³-hybridized carbons (Fsp3) is 0.600. The van der Waals surface area contributed by atoms with Gasteiger partial charge >= 0.3 is 0 Å². The number of piperidine rings is 1. The minimum absolute atomic E-state index is 0.0137. The van der Waals surface area contributed by atoms with Crippen molar-refractivity contribution < 1.29 is 9.59 Å². The predicted molar refractivity (Wildman–Crippen MR) is 99.6 cm³/mol. The summed E-state index contributed by atoms with van der Waals surface area (Å²) in [6.07, 6.45) is 6.46. The van der Waals surface area contributed by atoms with E-state index in [4.69, 9.17) is 11.6 Å². The van der Waals surface area contributed by atoms with Gasteiger partial charge in [-0.25, -0.2) is 0 Å². The number of likely N-dealkylation sites (tertiary alicyclic amines) is 1. The fourth-order valence-electron chi connectivity index (χ4n) is 3.98. The van der Waals surface area contributed by atoms with Gasteiger partial charge in [0.15, 0.2) is 0 Å². The van der Waals surface area contributed by atoms with Gasteiger partial charge in [0.25, 0.3) is 5.91 Å². The average molecular weight is 363 g/mol. The number of halogens is 1. The maximum absolute atomic E-state index is 12.7. The molecule has 1 heterocycles. The number of rotatable bonds is 3. The molecule has 25 heavy (non-hydrogen) atoms. The van der Waals surface area contributed by atoms with E-state index in [0.717, 1.165) is 19.3 Å². The molecule has 0 aromatic heterocycles. The quantitative estimate of drug-likeness (QED) is 0.886. The topological polar surface area (TPSA) is 49.4 Å². The maximum atomic E-state index is 12.7. The lowest BCUT2D eigenvalue weighted by Gasteiger charge is -2.35. The van der Waals surface area contributed by atoms with Crippen molar-refractivity contribution in [2.75, 3.05) is 13.1 Å². The van der Waals surface area contributed by atoms with E-state index in [1.165, 1.54) is 19.3 Å². The van der Waals surface area contributed by atoms with Crippen LogP contribution in [0.1, 0.15) is 55.8 Å². The lowest BCUT2D eigenvalue weighted by Crippen LogP contribution is -2.49. The van der Waals surface area contributed by atoms with Crippen molar-refractivity contribution in [1.29, 1.82) is 0 Å². The van der Waals surface area contributed by atoms with Gasteiger partial charge < -0.3 is 10.2 Å². The van der Waals surface area contributed by atoms with Crippen LogP contribution in [-0.4, -0.2) is 35.8 Å². The van der Waals surface area contributed by atoms with Gasteiger partial charge in [0.2, 0.25) is 5.91 Å². The molecule has 0 bridgehead atoms. The molecule has 3 atom stereocenters. The largest absolute Gasteiger partial charge is 0.353 e. The van der Waals surface area contributed by atoms with Crippen LogP contribution in [0.25, 0.3) is 0 Å².